The van der Waals surface area contributed by atoms with E-state index in [1.54, 1.807) is 0 Å². The van der Waals surface area contributed by atoms with Gasteiger partial charge < -0.3 is 0 Å². The summed E-state index contributed by atoms with van der Waals surface area (Å²) in [4.78, 5) is 0. The molecule has 0 aliphatic carbocycles. The molecule has 0 N–H and O–H groups in total. The highest BCUT2D eigenvalue weighted by molar-refractivity contribution is 7.84. The zero-order valence-electron chi connectivity index (χ0n) is 48.8. The van der Waals surface area contributed by atoms with E-state index in [0.717, 1.165) is 13.0 Å². The largest absolute Gasteiger partial charge is 0.244 e. The summed E-state index contributed by atoms with van der Waals surface area (Å²) in [6.07, 6.45) is 49.4. The Kier molecular flexibility index (Phi) is 34.3. The molecule has 0 amide bonds. The van der Waals surface area contributed by atoms with Crippen LogP contribution in [0.15, 0.2) is 127 Å². The number of benzene rings is 5. The van der Waals surface area contributed by atoms with Crippen molar-refractivity contribution in [2.75, 3.05) is 6.54 Å². The molecule has 3 heteroatoms. The normalized spacial score (nSPS) is 11.7. The Morgan fingerprint density at radius 3 is 0.867 bits per heavy atom. The van der Waals surface area contributed by atoms with Gasteiger partial charge in [0.15, 0.2) is 0 Å². The van der Waals surface area contributed by atoms with Crippen LogP contribution in [0, 0.1) is 0 Å². The van der Waals surface area contributed by atoms with Crippen molar-refractivity contribution in [3.8, 4) is 0 Å². The lowest BCUT2D eigenvalue weighted by molar-refractivity contribution is 0.575. The van der Waals surface area contributed by atoms with E-state index in [2.05, 4.69) is 160 Å². The van der Waals surface area contributed by atoms with Crippen molar-refractivity contribution in [1.82, 2.24) is 4.44 Å². The molecule has 0 aromatic heterocycles. The monoisotopic (exact) mass is 1050 g/mol. The molecule has 0 unspecified atom stereocenters. The van der Waals surface area contributed by atoms with Gasteiger partial charge in [0.2, 0.25) is 0 Å². The minimum Gasteiger partial charge on any atom is -0.244 e. The van der Waals surface area contributed by atoms with Gasteiger partial charge in [-0.15, -0.1) is 0 Å². The topological polar surface area (TPSA) is 3.24 Å². The molecule has 0 fully saturated rings. The fourth-order valence-corrected chi connectivity index (χ4v) is 17.3. The summed E-state index contributed by atoms with van der Waals surface area (Å²) in [5.74, 6) is 0. The van der Waals surface area contributed by atoms with Crippen LogP contribution in [0.3, 0.4) is 0 Å². The number of hydrogen-bond donors (Lipinski definition) is 0. The van der Waals surface area contributed by atoms with Gasteiger partial charge >= 0.3 is 0 Å². The second-order valence-electron chi connectivity index (χ2n) is 22.5. The molecule has 5 aromatic carbocycles. The summed E-state index contributed by atoms with van der Waals surface area (Å²) in [7, 11) is -1.76. The molecule has 0 heterocycles. The molecule has 412 valence electrons. The Balaban J connectivity index is 1.51. The number of unbranched alkanes of at least 4 members (excludes halogenated alkanes) is 28. The van der Waals surface area contributed by atoms with Crippen LogP contribution in [-0.4, -0.2) is 11.0 Å². The highest BCUT2D eigenvalue weighted by Crippen LogP contribution is 2.55. The SMILES string of the molecule is CCCCCCCCCCc1ccc(P(c2ccc(CCCCCCCCCC)cc2)N(CCc2ccccc2)P(c2cccc(CCCCCCCCCC)c2)c2cccc(CCCCCCCCCC)c2)cc1. The van der Waals surface area contributed by atoms with Gasteiger partial charge in [-0.1, -0.05) is 323 Å². The smallest absolute Gasteiger partial charge is 0.0323 e. The van der Waals surface area contributed by atoms with Gasteiger partial charge in [0.25, 0.3) is 0 Å². The summed E-state index contributed by atoms with van der Waals surface area (Å²) in [6, 6.07) is 51.7. The first-order valence-corrected chi connectivity index (χ1v) is 34.5. The fraction of sp³-hybridized carbons (Fsp3) is 0.583. The van der Waals surface area contributed by atoms with Crippen molar-refractivity contribution < 1.29 is 0 Å². The summed E-state index contributed by atoms with van der Waals surface area (Å²) >= 11 is 0. The second-order valence-corrected chi connectivity index (χ2v) is 27.1. The summed E-state index contributed by atoms with van der Waals surface area (Å²) in [6.45, 7) is 10.3. The lowest BCUT2D eigenvalue weighted by atomic mass is 10.0. The lowest BCUT2D eigenvalue weighted by Gasteiger charge is -2.39. The Hall–Kier alpha value is -3.08. The molecule has 5 rings (SSSR count). The van der Waals surface area contributed by atoms with Crippen molar-refractivity contribution in [1.29, 1.82) is 0 Å². The number of nitrogens with zero attached hydrogens (tertiary/aromatic N) is 1. The van der Waals surface area contributed by atoms with E-state index in [-0.39, 0.29) is 0 Å². The van der Waals surface area contributed by atoms with Gasteiger partial charge in [0.1, 0.15) is 0 Å². The van der Waals surface area contributed by atoms with Gasteiger partial charge in [-0.3, -0.25) is 0 Å². The van der Waals surface area contributed by atoms with E-state index in [0.29, 0.717) is 0 Å². The van der Waals surface area contributed by atoms with Crippen LogP contribution in [-0.2, 0) is 32.1 Å². The highest BCUT2D eigenvalue weighted by Gasteiger charge is 2.32. The van der Waals surface area contributed by atoms with E-state index >= 15 is 0 Å². The van der Waals surface area contributed by atoms with Gasteiger partial charge in [0, 0.05) is 22.7 Å². The van der Waals surface area contributed by atoms with Crippen LogP contribution >= 0.6 is 16.1 Å². The fourth-order valence-electron chi connectivity index (χ4n) is 11.1. The molecule has 0 radical (unpaired) electrons. The first-order valence-electron chi connectivity index (χ1n) is 31.9. The molecule has 75 heavy (non-hydrogen) atoms. The van der Waals surface area contributed by atoms with Crippen molar-refractivity contribution in [2.45, 2.75) is 265 Å². The third-order valence-electron chi connectivity index (χ3n) is 15.9. The molecule has 0 spiro atoms. The molecular formula is C72H109NP2. The van der Waals surface area contributed by atoms with Gasteiger partial charge in [-0.05, 0) is 119 Å². The maximum absolute atomic E-state index is 3.06. The van der Waals surface area contributed by atoms with Crippen LogP contribution in [0.2, 0.25) is 0 Å². The molecule has 0 saturated carbocycles. The van der Waals surface area contributed by atoms with Gasteiger partial charge in [-0.25, -0.2) is 4.44 Å². The molecule has 0 bridgehead atoms. The molecule has 0 atom stereocenters. The second kappa shape index (κ2) is 41.0. The Morgan fingerprint density at radius 2 is 0.520 bits per heavy atom. The molecular weight excluding hydrogens is 941 g/mol. The van der Waals surface area contributed by atoms with Crippen LogP contribution in [0.5, 0.6) is 0 Å². The van der Waals surface area contributed by atoms with Gasteiger partial charge in [0.05, 0.1) is 0 Å². The van der Waals surface area contributed by atoms with Crippen LogP contribution in [0.25, 0.3) is 0 Å². The summed E-state index contributed by atoms with van der Waals surface area (Å²) in [5, 5.41) is 6.02. The quantitative estimate of drug-likeness (QED) is 0.0277. The molecule has 0 aliphatic rings. The van der Waals surface area contributed by atoms with E-state index in [1.165, 1.54) is 280 Å². The molecule has 5 aromatic rings. The van der Waals surface area contributed by atoms with Crippen LogP contribution in [0.4, 0.5) is 0 Å². The maximum atomic E-state index is 3.06. The predicted molar refractivity (Wildman–Crippen MR) is 340 cm³/mol. The standard InChI is InChI=1S/C72H109NP2/c1-5-9-13-17-21-25-29-34-44-65-52-56-69(57-53-65)74(70-58-54-66(55-59-70)45-35-30-26-22-18-14-10-6-2)73(61-60-64-42-38-33-39-43-64)75(71-50-40-48-67(62-71)46-36-31-27-23-19-15-11-7-3)72-51-41-49-68(63-72)47-37-32-28-24-20-16-12-8-4/h33,38-43,48-59,62-63H,5-32,34-37,44-47,60-61H2,1-4H3. The molecule has 1 nitrogen and oxygen atoms in total. The van der Waals surface area contributed by atoms with E-state index in [9.17, 15) is 0 Å². The van der Waals surface area contributed by atoms with Crippen molar-refractivity contribution in [2.24, 2.45) is 0 Å². The number of aryl methyl sites for hydroxylation is 4. The number of rotatable bonds is 45. The van der Waals surface area contributed by atoms with Crippen LogP contribution < -0.4 is 21.2 Å². The average molecular weight is 1050 g/mol. The van der Waals surface area contributed by atoms with Crippen molar-refractivity contribution in [3.63, 3.8) is 0 Å². The zero-order valence-corrected chi connectivity index (χ0v) is 50.6. The van der Waals surface area contributed by atoms with E-state index < -0.39 is 16.1 Å². The highest BCUT2D eigenvalue weighted by atomic mass is 31.2. The molecule has 0 aliphatic heterocycles. The molecule has 0 saturated heterocycles. The van der Waals surface area contributed by atoms with E-state index in [1.807, 2.05) is 0 Å². The van der Waals surface area contributed by atoms with Crippen molar-refractivity contribution in [3.05, 3.63) is 155 Å². The maximum Gasteiger partial charge on any atom is 0.0323 e. The summed E-state index contributed by atoms with van der Waals surface area (Å²) < 4.78 is 3.06. The minimum absolute atomic E-state index is 0.877. The zero-order chi connectivity index (χ0) is 52.6. The lowest BCUT2D eigenvalue weighted by Crippen LogP contribution is -2.33. The third kappa shape index (κ3) is 26.0. The Bertz CT molecular complexity index is 1980. The minimum atomic E-state index is -0.883. The first kappa shape index (κ1) is 62.8. The summed E-state index contributed by atoms with van der Waals surface area (Å²) in [5.41, 5.74) is 7.47. The number of hydrogen-bond acceptors (Lipinski definition) is 1. The first-order chi connectivity index (χ1) is 37.1. The average Bonchev–Trinajstić information content (AvgIpc) is 3.44. The van der Waals surface area contributed by atoms with Crippen molar-refractivity contribution >= 4 is 37.4 Å². The predicted octanol–water partition coefficient (Wildman–Crippen LogP) is 21.4. The van der Waals surface area contributed by atoms with Crippen LogP contribution in [0.1, 0.15) is 261 Å². The Labute approximate surface area is 466 Å². The van der Waals surface area contributed by atoms with Gasteiger partial charge in [-0.2, -0.15) is 0 Å². The van der Waals surface area contributed by atoms with E-state index in [4.69, 9.17) is 0 Å². The Morgan fingerprint density at radius 1 is 0.240 bits per heavy atom. The third-order valence-corrected chi connectivity index (χ3v) is 21.4.